The summed E-state index contributed by atoms with van der Waals surface area (Å²) in [4.78, 5) is 33.5. The maximum Gasteiger partial charge on any atom is 0.320 e. The zero-order valence-electron chi connectivity index (χ0n) is 19.0. The van der Waals surface area contributed by atoms with Crippen LogP contribution in [0.25, 0.3) is 0 Å². The third kappa shape index (κ3) is 18.4. The Labute approximate surface area is 182 Å². The van der Waals surface area contributed by atoms with Crippen molar-refractivity contribution in [3.63, 3.8) is 0 Å². The molecule has 0 rings (SSSR count). The number of unbranched alkanes of at least 4 members (excludes halogenated alkanes) is 14. The fourth-order valence-corrected chi connectivity index (χ4v) is 3.51. The van der Waals surface area contributed by atoms with E-state index in [0.717, 1.165) is 51.4 Å². The van der Waals surface area contributed by atoms with Gasteiger partial charge >= 0.3 is 17.9 Å². The number of carbonyl (C=O) groups is 3. The Hall–Kier alpha value is -1.59. The van der Waals surface area contributed by atoms with Crippen molar-refractivity contribution in [3.05, 3.63) is 0 Å². The lowest BCUT2D eigenvalue weighted by molar-refractivity contribution is -0.159. The average Bonchev–Trinajstić information content (AvgIpc) is 2.70. The van der Waals surface area contributed by atoms with Crippen LogP contribution in [0.1, 0.15) is 122 Å². The minimum atomic E-state index is -1.07. The van der Waals surface area contributed by atoms with Crippen LogP contribution in [-0.2, 0) is 19.1 Å². The van der Waals surface area contributed by atoms with Gasteiger partial charge in [-0.2, -0.15) is 0 Å². The summed E-state index contributed by atoms with van der Waals surface area (Å²) >= 11 is 0. The first-order valence-electron chi connectivity index (χ1n) is 12.1. The molecule has 1 atom stereocenters. The van der Waals surface area contributed by atoms with Crippen LogP contribution in [0.5, 0.6) is 0 Å². The van der Waals surface area contributed by atoms with Crippen LogP contribution in [-0.4, -0.2) is 34.7 Å². The summed E-state index contributed by atoms with van der Waals surface area (Å²) in [6, 6.07) is 0. The summed E-state index contributed by atoms with van der Waals surface area (Å²) in [6.07, 6.45) is 18.1. The van der Waals surface area contributed by atoms with Crippen molar-refractivity contribution in [2.24, 2.45) is 5.92 Å². The number of esters is 1. The Morgan fingerprint density at radius 1 is 0.667 bits per heavy atom. The minimum absolute atomic E-state index is 0.297. The van der Waals surface area contributed by atoms with E-state index in [9.17, 15) is 19.5 Å². The van der Waals surface area contributed by atoms with Gasteiger partial charge in [-0.05, 0) is 19.3 Å². The third-order valence-corrected chi connectivity index (χ3v) is 5.46. The van der Waals surface area contributed by atoms with E-state index in [0.29, 0.717) is 19.4 Å². The highest BCUT2D eigenvalue weighted by Gasteiger charge is 2.26. The van der Waals surface area contributed by atoms with E-state index in [1.165, 1.54) is 51.4 Å². The predicted molar refractivity (Wildman–Crippen MR) is 119 cm³/mol. The van der Waals surface area contributed by atoms with E-state index in [1.54, 1.807) is 0 Å². The van der Waals surface area contributed by atoms with Gasteiger partial charge in [0.1, 0.15) is 0 Å². The molecule has 0 heterocycles. The van der Waals surface area contributed by atoms with Gasteiger partial charge in [-0.3, -0.25) is 14.4 Å². The van der Waals surface area contributed by atoms with Gasteiger partial charge in [-0.25, -0.2) is 0 Å². The molecule has 0 aromatic carbocycles. The zero-order chi connectivity index (χ0) is 22.5. The number of rotatable bonds is 22. The van der Waals surface area contributed by atoms with Crippen LogP contribution in [0.4, 0.5) is 0 Å². The maximum atomic E-state index is 11.8. The normalized spacial score (nSPS) is 11.9. The van der Waals surface area contributed by atoms with Gasteiger partial charge in [0.2, 0.25) is 0 Å². The first kappa shape index (κ1) is 28.4. The largest absolute Gasteiger partial charge is 0.481 e. The van der Waals surface area contributed by atoms with E-state index in [1.807, 2.05) is 6.92 Å². The van der Waals surface area contributed by atoms with Gasteiger partial charge in [-0.1, -0.05) is 96.8 Å². The first-order chi connectivity index (χ1) is 14.5. The molecule has 0 spiro atoms. The molecule has 2 N–H and O–H groups in total. The van der Waals surface area contributed by atoms with E-state index in [2.05, 4.69) is 0 Å². The molecule has 1 unspecified atom stereocenters. The smallest absolute Gasteiger partial charge is 0.320 e. The zero-order valence-corrected chi connectivity index (χ0v) is 19.0. The van der Waals surface area contributed by atoms with Crippen LogP contribution in [0.3, 0.4) is 0 Å². The van der Waals surface area contributed by atoms with E-state index in [-0.39, 0.29) is 0 Å². The minimum Gasteiger partial charge on any atom is -0.481 e. The molecule has 0 aliphatic carbocycles. The van der Waals surface area contributed by atoms with Crippen LogP contribution in [0.2, 0.25) is 0 Å². The van der Waals surface area contributed by atoms with Gasteiger partial charge in [0.15, 0.2) is 5.92 Å². The number of ether oxygens (including phenoxy) is 1. The molecule has 0 fully saturated rings. The molecule has 0 aliphatic rings. The Balaban J connectivity index is 3.44. The number of carboxylic acids is 2. The number of carbonyl (C=O) groups excluding carboxylic acids is 1. The highest BCUT2D eigenvalue weighted by molar-refractivity contribution is 5.93. The molecule has 0 aromatic heterocycles. The molecule has 0 amide bonds. The van der Waals surface area contributed by atoms with Crippen LogP contribution in [0.15, 0.2) is 0 Å². The summed E-state index contributed by atoms with van der Waals surface area (Å²) in [5.74, 6) is -3.37. The summed E-state index contributed by atoms with van der Waals surface area (Å²) in [5.41, 5.74) is 0. The molecule has 0 saturated carbocycles. The molecule has 0 bridgehead atoms. The van der Waals surface area contributed by atoms with Crippen molar-refractivity contribution >= 4 is 17.9 Å². The average molecular weight is 429 g/mol. The van der Waals surface area contributed by atoms with Gasteiger partial charge in [-0.15, -0.1) is 0 Å². The second-order valence-electron chi connectivity index (χ2n) is 8.29. The fraction of sp³-hybridized carbons (Fsp3) is 0.875. The molecule has 6 nitrogen and oxygen atoms in total. The summed E-state index contributed by atoms with van der Waals surface area (Å²) < 4.78 is 5.05. The number of carboxylic acid groups (broad SMARTS) is 2. The molecular weight excluding hydrogens is 384 g/mol. The second kappa shape index (κ2) is 20.7. The van der Waals surface area contributed by atoms with Crippen LogP contribution in [0, 0.1) is 5.92 Å². The molecule has 30 heavy (non-hydrogen) atoms. The van der Waals surface area contributed by atoms with Gasteiger partial charge < -0.3 is 14.9 Å². The standard InChI is InChI=1S/C24H44O6/c1-2-3-20-30-24(29)21(23(27)28)18-16-14-12-10-8-6-4-5-7-9-11-13-15-17-19-22(25)26/h21H,2-20H2,1H3,(H,25,26)(H,27,28). The van der Waals surface area contributed by atoms with Crippen molar-refractivity contribution in [2.75, 3.05) is 6.61 Å². The topological polar surface area (TPSA) is 101 Å². The Morgan fingerprint density at radius 2 is 1.10 bits per heavy atom. The van der Waals surface area contributed by atoms with Crippen molar-refractivity contribution in [2.45, 2.75) is 122 Å². The number of hydrogen-bond acceptors (Lipinski definition) is 4. The summed E-state index contributed by atoms with van der Waals surface area (Å²) in [7, 11) is 0. The van der Waals surface area contributed by atoms with Gasteiger partial charge in [0.05, 0.1) is 6.61 Å². The number of hydrogen-bond donors (Lipinski definition) is 2. The Bertz CT molecular complexity index is 449. The molecule has 176 valence electrons. The van der Waals surface area contributed by atoms with E-state index < -0.39 is 23.8 Å². The molecule has 0 aromatic rings. The first-order valence-corrected chi connectivity index (χ1v) is 12.1. The number of aliphatic carboxylic acids is 2. The van der Waals surface area contributed by atoms with E-state index >= 15 is 0 Å². The Kier molecular flexibility index (Phi) is 19.6. The Morgan fingerprint density at radius 3 is 1.50 bits per heavy atom. The lowest BCUT2D eigenvalue weighted by Gasteiger charge is -2.11. The quantitative estimate of drug-likeness (QED) is 0.118. The van der Waals surface area contributed by atoms with Crippen molar-refractivity contribution < 1.29 is 29.3 Å². The molecular formula is C24H44O6. The van der Waals surface area contributed by atoms with E-state index in [4.69, 9.17) is 9.84 Å². The molecule has 0 aliphatic heterocycles. The maximum absolute atomic E-state index is 11.8. The lowest BCUT2D eigenvalue weighted by atomic mass is 10.00. The second-order valence-corrected chi connectivity index (χ2v) is 8.29. The van der Waals surface area contributed by atoms with Gasteiger partial charge in [0.25, 0.3) is 0 Å². The molecule has 0 saturated heterocycles. The highest BCUT2D eigenvalue weighted by atomic mass is 16.5. The fourth-order valence-electron chi connectivity index (χ4n) is 3.51. The highest BCUT2D eigenvalue weighted by Crippen LogP contribution is 2.16. The summed E-state index contributed by atoms with van der Waals surface area (Å²) in [5, 5.41) is 17.8. The van der Waals surface area contributed by atoms with Crippen molar-refractivity contribution in [3.8, 4) is 0 Å². The van der Waals surface area contributed by atoms with Crippen LogP contribution < -0.4 is 0 Å². The SMILES string of the molecule is CCCCOC(=O)C(CCCCCCCCCCCCCCCCC(=O)O)C(=O)O. The van der Waals surface area contributed by atoms with Crippen molar-refractivity contribution in [1.82, 2.24) is 0 Å². The summed E-state index contributed by atoms with van der Waals surface area (Å²) in [6.45, 7) is 2.31. The van der Waals surface area contributed by atoms with Crippen molar-refractivity contribution in [1.29, 1.82) is 0 Å². The van der Waals surface area contributed by atoms with Crippen LogP contribution >= 0.6 is 0 Å². The lowest BCUT2D eigenvalue weighted by Crippen LogP contribution is -2.26. The monoisotopic (exact) mass is 428 g/mol. The molecule has 6 heteroatoms. The predicted octanol–water partition coefficient (Wildman–Crippen LogP) is 6.36. The van der Waals surface area contributed by atoms with Gasteiger partial charge in [0, 0.05) is 6.42 Å². The molecule has 0 radical (unpaired) electrons. The third-order valence-electron chi connectivity index (χ3n) is 5.46.